The number of ether oxygens (including phenoxy) is 1. The first-order chi connectivity index (χ1) is 7.95. The molecule has 0 saturated heterocycles. The van der Waals surface area contributed by atoms with E-state index in [1.54, 1.807) is 13.8 Å². The van der Waals surface area contributed by atoms with Crippen LogP contribution in [0, 0.1) is 5.92 Å². The molecule has 0 aromatic rings. The van der Waals surface area contributed by atoms with E-state index in [1.165, 1.54) is 0 Å². The van der Waals surface area contributed by atoms with Gasteiger partial charge in [-0.2, -0.15) is 0 Å². The van der Waals surface area contributed by atoms with E-state index in [1.807, 2.05) is 6.92 Å². The fourth-order valence-corrected chi connectivity index (χ4v) is 3.18. The first-order valence-electron chi connectivity index (χ1n) is 6.07. The second-order valence-corrected chi connectivity index (χ2v) is 5.80. The summed E-state index contributed by atoms with van der Waals surface area (Å²) in [6.45, 7) is 5.92. The van der Waals surface area contributed by atoms with Crippen molar-refractivity contribution in [1.82, 2.24) is 0 Å². The summed E-state index contributed by atoms with van der Waals surface area (Å²) >= 11 is 0. The lowest BCUT2D eigenvalue weighted by Gasteiger charge is -2.18. The van der Waals surface area contributed by atoms with Gasteiger partial charge in [0.1, 0.15) is 0 Å². The molecule has 0 aromatic heterocycles. The smallest absolute Gasteiger partial charge is 0.328 e. The van der Waals surface area contributed by atoms with Gasteiger partial charge >= 0.3 is 13.6 Å². The molecule has 0 aromatic carbocycles. The predicted octanol–water partition coefficient (Wildman–Crippen LogP) is 2.58. The van der Waals surface area contributed by atoms with Crippen LogP contribution >= 0.6 is 7.60 Å². The van der Waals surface area contributed by atoms with Gasteiger partial charge in [-0.1, -0.05) is 13.3 Å². The van der Waals surface area contributed by atoms with Gasteiger partial charge in [0.2, 0.25) is 0 Å². The minimum absolute atomic E-state index is 0.0213. The highest BCUT2D eigenvalue weighted by molar-refractivity contribution is 7.52. The Labute approximate surface area is 103 Å². The highest BCUT2D eigenvalue weighted by atomic mass is 31.2. The minimum atomic E-state index is -3.56. The van der Waals surface area contributed by atoms with Crippen molar-refractivity contribution in [2.75, 3.05) is 19.4 Å². The Balaban J connectivity index is 4.32. The Bertz CT molecular complexity index is 267. The summed E-state index contributed by atoms with van der Waals surface area (Å²) in [7, 11) is -3.56. The van der Waals surface area contributed by atoms with Gasteiger partial charge in [-0.15, -0.1) is 0 Å². The van der Waals surface area contributed by atoms with E-state index in [-0.39, 0.29) is 31.1 Å². The molecule has 102 valence electrons. The van der Waals surface area contributed by atoms with Gasteiger partial charge in [0.15, 0.2) is 0 Å². The molecule has 0 fully saturated rings. The molecule has 1 N–H and O–H groups in total. The molecular formula is C11H23O5P. The molecule has 0 amide bonds. The maximum absolute atomic E-state index is 11.6. The van der Waals surface area contributed by atoms with E-state index < -0.39 is 7.60 Å². The molecule has 0 radical (unpaired) electrons. The maximum Gasteiger partial charge on any atom is 0.328 e. The monoisotopic (exact) mass is 266 g/mol. The zero-order valence-electron chi connectivity index (χ0n) is 10.8. The number of hydrogen-bond donors (Lipinski definition) is 1. The quantitative estimate of drug-likeness (QED) is 0.513. The highest BCUT2D eigenvalue weighted by Gasteiger charge is 2.26. The Morgan fingerprint density at radius 3 is 2.41 bits per heavy atom. The van der Waals surface area contributed by atoms with Crippen molar-refractivity contribution in [2.45, 2.75) is 40.0 Å². The zero-order valence-corrected chi connectivity index (χ0v) is 11.7. The largest absolute Gasteiger partial charge is 0.466 e. The molecule has 0 rings (SSSR count). The number of esters is 1. The Kier molecular flexibility index (Phi) is 8.48. The summed E-state index contributed by atoms with van der Waals surface area (Å²) in [4.78, 5) is 20.9. The molecule has 0 saturated carbocycles. The van der Waals surface area contributed by atoms with Crippen LogP contribution < -0.4 is 0 Å². The summed E-state index contributed by atoms with van der Waals surface area (Å²) in [5.41, 5.74) is 0. The van der Waals surface area contributed by atoms with Crippen LogP contribution in [0.2, 0.25) is 0 Å². The second-order valence-electron chi connectivity index (χ2n) is 3.90. The standard InChI is InChI=1S/C11H23O5P/c1-4-7-10(8-11(12)15-5-2)9-17(13,14)16-6-3/h10H,4-9H2,1-3H3,(H,13,14). The van der Waals surface area contributed by atoms with Crippen molar-refractivity contribution in [2.24, 2.45) is 5.92 Å². The van der Waals surface area contributed by atoms with Crippen LogP contribution in [0.25, 0.3) is 0 Å². The zero-order chi connectivity index (χ0) is 13.3. The van der Waals surface area contributed by atoms with E-state index in [0.29, 0.717) is 6.61 Å². The molecule has 0 aliphatic rings. The number of carbonyl (C=O) groups excluding carboxylic acids is 1. The molecular weight excluding hydrogens is 243 g/mol. The summed E-state index contributed by atoms with van der Waals surface area (Å²) in [6, 6.07) is 0. The molecule has 0 spiro atoms. The number of carbonyl (C=O) groups is 1. The fraction of sp³-hybridized carbons (Fsp3) is 0.909. The van der Waals surface area contributed by atoms with E-state index >= 15 is 0 Å². The normalized spacial score (nSPS) is 16.2. The fourth-order valence-electron chi connectivity index (χ4n) is 1.70. The van der Waals surface area contributed by atoms with E-state index in [9.17, 15) is 14.3 Å². The summed E-state index contributed by atoms with van der Waals surface area (Å²) in [6.07, 6.45) is 1.78. The van der Waals surface area contributed by atoms with E-state index in [0.717, 1.165) is 12.8 Å². The minimum Gasteiger partial charge on any atom is -0.466 e. The maximum atomic E-state index is 11.6. The van der Waals surface area contributed by atoms with Crippen LogP contribution in [0.3, 0.4) is 0 Å². The average Bonchev–Trinajstić information content (AvgIpc) is 2.16. The van der Waals surface area contributed by atoms with Crippen LogP contribution in [0.1, 0.15) is 40.0 Å². The van der Waals surface area contributed by atoms with Gasteiger partial charge in [0.25, 0.3) is 0 Å². The first-order valence-corrected chi connectivity index (χ1v) is 7.83. The third-order valence-electron chi connectivity index (χ3n) is 2.28. The summed E-state index contributed by atoms with van der Waals surface area (Å²) < 4.78 is 21.3. The van der Waals surface area contributed by atoms with Crippen LogP contribution in [-0.2, 0) is 18.6 Å². The van der Waals surface area contributed by atoms with Crippen LogP contribution in [0.5, 0.6) is 0 Å². The van der Waals surface area contributed by atoms with Gasteiger partial charge in [0, 0.05) is 6.42 Å². The molecule has 2 unspecified atom stereocenters. The lowest BCUT2D eigenvalue weighted by atomic mass is 10.0. The molecule has 17 heavy (non-hydrogen) atoms. The number of rotatable bonds is 9. The summed E-state index contributed by atoms with van der Waals surface area (Å²) in [5.74, 6) is -0.469. The molecule has 2 atom stereocenters. The summed E-state index contributed by atoms with van der Waals surface area (Å²) in [5, 5.41) is 0. The number of hydrogen-bond acceptors (Lipinski definition) is 4. The Hall–Kier alpha value is -0.380. The lowest BCUT2D eigenvalue weighted by Crippen LogP contribution is -2.15. The van der Waals surface area contributed by atoms with Crippen molar-refractivity contribution < 1.29 is 23.5 Å². The molecule has 0 aliphatic carbocycles. The Morgan fingerprint density at radius 2 is 1.94 bits per heavy atom. The van der Waals surface area contributed by atoms with Crippen LogP contribution in [0.15, 0.2) is 0 Å². The molecule has 6 heteroatoms. The SMILES string of the molecule is CCCC(CC(=O)OCC)CP(=O)(O)OCC. The van der Waals surface area contributed by atoms with Crippen LogP contribution in [0.4, 0.5) is 0 Å². The van der Waals surface area contributed by atoms with Gasteiger partial charge in [-0.05, 0) is 26.2 Å². The second kappa shape index (κ2) is 8.67. The van der Waals surface area contributed by atoms with Gasteiger partial charge in [-0.25, -0.2) is 0 Å². The molecule has 0 heterocycles. The lowest BCUT2D eigenvalue weighted by molar-refractivity contribution is -0.144. The first kappa shape index (κ1) is 16.6. The van der Waals surface area contributed by atoms with Crippen molar-refractivity contribution in [3.05, 3.63) is 0 Å². The molecule has 0 bridgehead atoms. The average molecular weight is 266 g/mol. The molecule has 0 aliphatic heterocycles. The Morgan fingerprint density at radius 1 is 1.29 bits per heavy atom. The molecule has 5 nitrogen and oxygen atoms in total. The van der Waals surface area contributed by atoms with E-state index in [4.69, 9.17) is 9.26 Å². The highest BCUT2D eigenvalue weighted by Crippen LogP contribution is 2.45. The van der Waals surface area contributed by atoms with Gasteiger partial charge in [0.05, 0.1) is 19.4 Å². The van der Waals surface area contributed by atoms with Crippen LogP contribution in [-0.4, -0.2) is 30.2 Å². The third-order valence-corrected chi connectivity index (χ3v) is 3.92. The van der Waals surface area contributed by atoms with E-state index in [2.05, 4.69) is 0 Å². The topological polar surface area (TPSA) is 72.8 Å². The van der Waals surface area contributed by atoms with Crippen molar-refractivity contribution >= 4 is 13.6 Å². The van der Waals surface area contributed by atoms with Crippen molar-refractivity contribution in [1.29, 1.82) is 0 Å². The van der Waals surface area contributed by atoms with Gasteiger partial charge < -0.3 is 14.2 Å². The van der Waals surface area contributed by atoms with Crippen molar-refractivity contribution in [3.63, 3.8) is 0 Å². The van der Waals surface area contributed by atoms with Gasteiger partial charge in [-0.3, -0.25) is 9.36 Å². The third kappa shape index (κ3) is 8.36. The predicted molar refractivity (Wildman–Crippen MR) is 66.0 cm³/mol. The van der Waals surface area contributed by atoms with Crippen molar-refractivity contribution in [3.8, 4) is 0 Å².